The van der Waals surface area contributed by atoms with Crippen LogP contribution in [-0.4, -0.2) is 18.9 Å². The van der Waals surface area contributed by atoms with E-state index in [2.05, 4.69) is 11.2 Å². The van der Waals surface area contributed by atoms with Gasteiger partial charge in [-0.1, -0.05) is 0 Å². The molecule has 1 atom stereocenters. The highest BCUT2D eigenvalue weighted by Gasteiger charge is 1.96. The van der Waals surface area contributed by atoms with Gasteiger partial charge in [-0.05, 0) is 11.2 Å². The van der Waals surface area contributed by atoms with E-state index in [4.69, 9.17) is 0 Å². The summed E-state index contributed by atoms with van der Waals surface area (Å²) < 4.78 is 29.7. The second-order valence-corrected chi connectivity index (χ2v) is 7.54. The Hall–Kier alpha value is 0.320. The molecule has 6 heteroatoms. The second kappa shape index (κ2) is 2.06. The summed E-state index contributed by atoms with van der Waals surface area (Å²) in [5.41, 5.74) is 0. The lowest BCUT2D eigenvalue weighted by atomic mass is 12.0. The Morgan fingerprint density at radius 1 is 1.57 bits per heavy atom. The highest BCUT2D eigenvalue weighted by Crippen LogP contribution is 1.78. The Labute approximate surface area is 47.7 Å². The van der Waals surface area contributed by atoms with Crippen LogP contribution >= 0.6 is 0 Å². The molecular formula is CH4O3S3. The summed E-state index contributed by atoms with van der Waals surface area (Å²) in [6.07, 6.45) is 0.846. The van der Waals surface area contributed by atoms with E-state index in [9.17, 15) is 12.6 Å². The standard InChI is InChI=1S/CH4O3S3/c1-7(3,4)6(2)5/h6H,1H3. The van der Waals surface area contributed by atoms with Gasteiger partial charge in [0.2, 0.25) is 8.87 Å². The Morgan fingerprint density at radius 2 is 1.71 bits per heavy atom. The summed E-state index contributed by atoms with van der Waals surface area (Å²) in [5, 5.41) is 0. The van der Waals surface area contributed by atoms with Gasteiger partial charge in [0.05, 0.1) is 6.26 Å². The van der Waals surface area contributed by atoms with E-state index in [0.717, 1.165) is 6.26 Å². The maximum absolute atomic E-state index is 9.94. The molecule has 1 unspecified atom stereocenters. The maximum Gasteiger partial charge on any atom is 0.225 e. The molecule has 0 aromatic carbocycles. The van der Waals surface area contributed by atoms with Crippen molar-refractivity contribution in [3.63, 3.8) is 0 Å². The zero-order chi connectivity index (χ0) is 6.08. The first kappa shape index (κ1) is 7.32. The average Bonchev–Trinajstić information content (AvgIpc) is 1.31. The Morgan fingerprint density at radius 3 is 1.71 bits per heavy atom. The normalized spacial score (nSPS) is 16.1. The minimum Gasteiger partial charge on any atom is -0.244 e. The van der Waals surface area contributed by atoms with Crippen LogP contribution in [-0.2, 0) is 28.4 Å². The molecule has 0 saturated carbocycles. The molecule has 0 rings (SSSR count). The summed E-state index contributed by atoms with van der Waals surface area (Å²) in [5.74, 6) is 0. The van der Waals surface area contributed by atoms with Crippen LogP contribution in [0.3, 0.4) is 0 Å². The predicted octanol–water partition coefficient (Wildman–Crippen LogP) is -1.11. The molecule has 0 heterocycles. The summed E-state index contributed by atoms with van der Waals surface area (Å²) in [4.78, 5) is 0. The molecule has 0 N–H and O–H groups in total. The Balaban J connectivity index is 4.82. The van der Waals surface area contributed by atoms with E-state index in [-0.39, 0.29) is 0 Å². The third-order valence-corrected chi connectivity index (χ3v) is 4.87. The van der Waals surface area contributed by atoms with E-state index in [1.807, 2.05) is 0 Å². The largest absolute Gasteiger partial charge is 0.244 e. The third kappa shape index (κ3) is 2.95. The first-order valence-corrected chi connectivity index (χ1v) is 6.06. The van der Waals surface area contributed by atoms with Gasteiger partial charge in [-0.2, -0.15) is 0 Å². The van der Waals surface area contributed by atoms with Gasteiger partial charge in [-0.3, -0.25) is 0 Å². The van der Waals surface area contributed by atoms with E-state index < -0.39 is 17.3 Å². The van der Waals surface area contributed by atoms with E-state index >= 15 is 0 Å². The van der Waals surface area contributed by atoms with Crippen molar-refractivity contribution in [2.24, 2.45) is 0 Å². The molecule has 0 amide bonds. The van der Waals surface area contributed by atoms with Crippen LogP contribution < -0.4 is 0 Å². The van der Waals surface area contributed by atoms with Crippen LogP contribution in [0.15, 0.2) is 0 Å². The second-order valence-electron chi connectivity index (χ2n) is 0.957. The first-order valence-electron chi connectivity index (χ1n) is 1.29. The van der Waals surface area contributed by atoms with Crippen LogP contribution in [0.25, 0.3) is 0 Å². The van der Waals surface area contributed by atoms with E-state index in [1.165, 1.54) is 0 Å². The van der Waals surface area contributed by atoms with Crippen LogP contribution in [0.2, 0.25) is 0 Å². The van der Waals surface area contributed by atoms with Gasteiger partial charge in [0, 0.05) is 0 Å². The molecule has 44 valence electrons. The molecule has 0 fully saturated rings. The van der Waals surface area contributed by atoms with Crippen molar-refractivity contribution in [3.8, 4) is 0 Å². The molecule has 0 aromatic heterocycles. The highest BCUT2D eigenvalue weighted by molar-refractivity contribution is 8.73. The van der Waals surface area contributed by atoms with Crippen LogP contribution in [0.5, 0.6) is 0 Å². The van der Waals surface area contributed by atoms with Crippen molar-refractivity contribution in [1.82, 2.24) is 0 Å². The number of thiol groups is 1. The number of hydrogen-bond donors (Lipinski definition) is 1. The smallest absolute Gasteiger partial charge is 0.225 e. The summed E-state index contributed by atoms with van der Waals surface area (Å²) in [7, 11) is -5.85. The maximum atomic E-state index is 9.94. The van der Waals surface area contributed by atoms with Gasteiger partial charge in [-0.15, -0.1) is 0 Å². The van der Waals surface area contributed by atoms with Gasteiger partial charge in [0.15, 0.2) is 0 Å². The van der Waals surface area contributed by atoms with Gasteiger partial charge < -0.3 is 0 Å². The quantitative estimate of drug-likeness (QED) is 0.390. The average molecular weight is 160 g/mol. The Bertz CT molecular complexity index is 198. The molecule has 0 radical (unpaired) electrons. The molecule has 0 aromatic rings. The molecular weight excluding hydrogens is 156 g/mol. The molecule has 7 heavy (non-hydrogen) atoms. The summed E-state index contributed by atoms with van der Waals surface area (Å²) in [6.45, 7) is 0. The van der Waals surface area contributed by atoms with Crippen molar-refractivity contribution < 1.29 is 12.6 Å². The number of rotatable bonds is 1. The third-order valence-electron chi connectivity index (χ3n) is 0.271. The van der Waals surface area contributed by atoms with Gasteiger partial charge in [0.25, 0.3) is 0 Å². The molecule has 0 spiro atoms. The van der Waals surface area contributed by atoms with E-state index in [1.54, 1.807) is 0 Å². The minimum absolute atomic E-state index is 0.846. The van der Waals surface area contributed by atoms with Gasteiger partial charge >= 0.3 is 0 Å². The van der Waals surface area contributed by atoms with Gasteiger partial charge in [-0.25, -0.2) is 12.6 Å². The minimum atomic E-state index is -3.42. The van der Waals surface area contributed by atoms with Crippen molar-refractivity contribution in [2.45, 2.75) is 0 Å². The zero-order valence-electron chi connectivity index (χ0n) is 3.49. The van der Waals surface area contributed by atoms with Gasteiger partial charge in [0.1, 0.15) is 8.39 Å². The lowest BCUT2D eigenvalue weighted by Crippen LogP contribution is -1.94. The zero-order valence-corrected chi connectivity index (χ0v) is 6.02. The fraction of sp³-hybridized carbons (Fsp3) is 1.00. The molecule has 0 bridgehead atoms. The lowest BCUT2D eigenvalue weighted by Gasteiger charge is -1.76. The fourth-order valence-electron chi connectivity index (χ4n) is 0. The van der Waals surface area contributed by atoms with E-state index in [0.29, 0.717) is 0 Å². The van der Waals surface area contributed by atoms with Crippen LogP contribution in [0.1, 0.15) is 0 Å². The van der Waals surface area contributed by atoms with Crippen molar-refractivity contribution in [2.75, 3.05) is 6.26 Å². The van der Waals surface area contributed by atoms with Crippen molar-refractivity contribution in [3.05, 3.63) is 0 Å². The van der Waals surface area contributed by atoms with Crippen molar-refractivity contribution in [1.29, 1.82) is 0 Å². The summed E-state index contributed by atoms with van der Waals surface area (Å²) in [6, 6.07) is 0. The SMILES string of the molecule is CS(=O)(=O)[SH](=O)=S. The first-order chi connectivity index (χ1) is 2.94. The molecule has 0 aliphatic carbocycles. The summed E-state index contributed by atoms with van der Waals surface area (Å²) >= 11 is 3.94. The molecule has 0 aliphatic rings. The van der Waals surface area contributed by atoms with Crippen LogP contribution in [0.4, 0.5) is 0 Å². The topological polar surface area (TPSA) is 51.2 Å². The van der Waals surface area contributed by atoms with Crippen molar-refractivity contribution >= 4 is 28.4 Å². The highest BCUT2D eigenvalue weighted by atomic mass is 33.3. The monoisotopic (exact) mass is 160 g/mol. The molecule has 3 nitrogen and oxygen atoms in total. The fourth-order valence-corrected chi connectivity index (χ4v) is 0. The molecule has 0 aliphatic heterocycles. The molecule has 0 saturated heterocycles. The Kier molecular flexibility index (Phi) is 2.15. The number of hydrogen-bond acceptors (Lipinski definition) is 4. The van der Waals surface area contributed by atoms with Crippen LogP contribution in [0, 0.1) is 0 Å². The lowest BCUT2D eigenvalue weighted by molar-refractivity contribution is 0.612. The predicted molar refractivity (Wildman–Crippen MR) is 31.7 cm³/mol.